The third kappa shape index (κ3) is 1.71. The quantitative estimate of drug-likeness (QED) is 0.847. The molecule has 4 heteroatoms. The van der Waals surface area contributed by atoms with Gasteiger partial charge in [-0.05, 0) is 25.1 Å². The average Bonchev–Trinajstić information content (AvgIpc) is 2.70. The molecule has 2 rings (SSSR count). The van der Waals surface area contributed by atoms with E-state index in [2.05, 4.69) is 0 Å². The Morgan fingerprint density at radius 3 is 2.64 bits per heavy atom. The lowest BCUT2D eigenvalue weighted by Crippen LogP contribution is -1.91. The van der Waals surface area contributed by atoms with Crippen LogP contribution in [0.1, 0.15) is 15.2 Å². The summed E-state index contributed by atoms with van der Waals surface area (Å²) in [5, 5.41) is 10.4. The molecule has 0 radical (unpaired) electrons. The Labute approximate surface area is 89.5 Å². The van der Waals surface area contributed by atoms with Crippen LogP contribution in [0.25, 0.3) is 9.75 Å². The average molecular weight is 224 g/mol. The molecule has 0 atom stereocenters. The number of hydrogen-bond donors (Lipinski definition) is 1. The predicted molar refractivity (Wildman–Crippen MR) is 59.3 cm³/mol. The van der Waals surface area contributed by atoms with E-state index in [0.29, 0.717) is 5.56 Å². The number of carboxylic acids is 1. The van der Waals surface area contributed by atoms with Gasteiger partial charge in [0, 0.05) is 20.0 Å². The van der Waals surface area contributed by atoms with Crippen molar-refractivity contribution in [3.8, 4) is 9.75 Å². The normalized spacial score (nSPS) is 10.4. The molecular formula is C10H8O2S2. The van der Waals surface area contributed by atoms with Crippen molar-refractivity contribution in [2.75, 3.05) is 0 Å². The Hall–Kier alpha value is -1.13. The van der Waals surface area contributed by atoms with Crippen LogP contribution in [-0.2, 0) is 0 Å². The smallest absolute Gasteiger partial charge is 0.336 e. The van der Waals surface area contributed by atoms with Gasteiger partial charge in [-0.3, -0.25) is 0 Å². The van der Waals surface area contributed by atoms with E-state index in [1.54, 1.807) is 22.8 Å². The molecule has 14 heavy (non-hydrogen) atoms. The maximum Gasteiger partial charge on any atom is 0.336 e. The number of rotatable bonds is 2. The number of hydrogen-bond acceptors (Lipinski definition) is 3. The van der Waals surface area contributed by atoms with Crippen molar-refractivity contribution in [2.24, 2.45) is 0 Å². The van der Waals surface area contributed by atoms with Gasteiger partial charge in [0.1, 0.15) is 0 Å². The zero-order valence-electron chi connectivity index (χ0n) is 7.48. The first-order valence-electron chi connectivity index (χ1n) is 4.05. The van der Waals surface area contributed by atoms with Crippen LogP contribution in [0.5, 0.6) is 0 Å². The summed E-state index contributed by atoms with van der Waals surface area (Å²) in [7, 11) is 0. The van der Waals surface area contributed by atoms with Gasteiger partial charge < -0.3 is 5.11 Å². The van der Waals surface area contributed by atoms with Crippen LogP contribution < -0.4 is 0 Å². The van der Waals surface area contributed by atoms with Gasteiger partial charge in [-0.25, -0.2) is 4.79 Å². The molecule has 1 N–H and O–H groups in total. The Morgan fingerprint density at radius 2 is 2.14 bits per heavy atom. The fourth-order valence-electron chi connectivity index (χ4n) is 1.14. The molecule has 2 aromatic heterocycles. The van der Waals surface area contributed by atoms with Crippen molar-refractivity contribution in [3.63, 3.8) is 0 Å². The molecule has 2 heterocycles. The van der Waals surface area contributed by atoms with Gasteiger partial charge >= 0.3 is 5.97 Å². The van der Waals surface area contributed by atoms with Crippen molar-refractivity contribution >= 4 is 28.6 Å². The van der Waals surface area contributed by atoms with Crippen LogP contribution in [0.3, 0.4) is 0 Å². The van der Waals surface area contributed by atoms with Crippen LogP contribution in [-0.4, -0.2) is 11.1 Å². The molecule has 0 fully saturated rings. The Balaban J connectivity index is 2.38. The van der Waals surface area contributed by atoms with Crippen LogP contribution >= 0.6 is 22.7 Å². The zero-order valence-corrected chi connectivity index (χ0v) is 9.11. The third-order valence-electron chi connectivity index (χ3n) is 1.83. The predicted octanol–water partition coefficient (Wildman–Crippen LogP) is 3.48. The summed E-state index contributed by atoms with van der Waals surface area (Å²) in [5.74, 6) is -0.860. The van der Waals surface area contributed by atoms with Crippen LogP contribution in [0.15, 0.2) is 23.6 Å². The highest BCUT2D eigenvalue weighted by molar-refractivity contribution is 7.21. The van der Waals surface area contributed by atoms with E-state index in [1.165, 1.54) is 16.2 Å². The second-order valence-corrected chi connectivity index (χ2v) is 5.11. The standard InChI is InChI=1S/C10H8O2S2/c1-6-2-3-8(14-6)9-4-7(5-13-9)10(11)12/h2-5H,1H3,(H,11,12). The zero-order chi connectivity index (χ0) is 10.1. The molecule has 0 amide bonds. The molecule has 2 nitrogen and oxygen atoms in total. The first-order chi connectivity index (χ1) is 6.66. The SMILES string of the molecule is Cc1ccc(-c2cc(C(=O)O)cs2)s1. The van der Waals surface area contributed by atoms with Crippen LogP contribution in [0.2, 0.25) is 0 Å². The molecule has 0 saturated carbocycles. The monoisotopic (exact) mass is 224 g/mol. The van der Waals surface area contributed by atoms with E-state index in [-0.39, 0.29) is 0 Å². The van der Waals surface area contributed by atoms with Gasteiger partial charge in [-0.2, -0.15) is 0 Å². The Kier molecular flexibility index (Phi) is 2.39. The van der Waals surface area contributed by atoms with E-state index in [9.17, 15) is 4.79 Å². The topological polar surface area (TPSA) is 37.3 Å². The summed E-state index contributed by atoms with van der Waals surface area (Å²) in [5.41, 5.74) is 0.371. The van der Waals surface area contributed by atoms with Crippen molar-refractivity contribution in [2.45, 2.75) is 6.92 Å². The largest absolute Gasteiger partial charge is 0.478 e. The van der Waals surface area contributed by atoms with Gasteiger partial charge in [0.25, 0.3) is 0 Å². The number of carbonyl (C=O) groups is 1. The fraction of sp³-hybridized carbons (Fsp3) is 0.100. The highest BCUT2D eigenvalue weighted by atomic mass is 32.1. The third-order valence-corrected chi connectivity index (χ3v) is 3.96. The van der Waals surface area contributed by atoms with E-state index >= 15 is 0 Å². The summed E-state index contributed by atoms with van der Waals surface area (Å²) < 4.78 is 0. The number of aromatic carboxylic acids is 1. The molecule has 2 aromatic rings. The lowest BCUT2D eigenvalue weighted by atomic mass is 10.3. The molecule has 0 saturated heterocycles. The summed E-state index contributed by atoms with van der Waals surface area (Å²) in [4.78, 5) is 14.1. The first kappa shape index (κ1) is 9.43. The second-order valence-electron chi connectivity index (χ2n) is 2.92. The van der Waals surface area contributed by atoms with Gasteiger partial charge in [0.15, 0.2) is 0 Å². The summed E-state index contributed by atoms with van der Waals surface area (Å²) >= 11 is 3.16. The minimum absolute atomic E-state index is 0.371. The Bertz CT molecular complexity index is 468. The molecule has 0 aliphatic carbocycles. The number of carboxylic acid groups (broad SMARTS) is 1. The molecule has 0 spiro atoms. The van der Waals surface area contributed by atoms with E-state index in [0.717, 1.165) is 9.75 Å². The molecule has 0 aliphatic heterocycles. The lowest BCUT2D eigenvalue weighted by molar-refractivity contribution is 0.0697. The molecule has 0 unspecified atom stereocenters. The van der Waals surface area contributed by atoms with Crippen molar-refractivity contribution in [3.05, 3.63) is 34.0 Å². The van der Waals surface area contributed by atoms with Crippen molar-refractivity contribution in [1.29, 1.82) is 0 Å². The highest BCUT2D eigenvalue weighted by Crippen LogP contribution is 2.32. The van der Waals surface area contributed by atoms with Crippen LogP contribution in [0.4, 0.5) is 0 Å². The minimum Gasteiger partial charge on any atom is -0.478 e. The summed E-state index contributed by atoms with van der Waals surface area (Å²) in [6, 6.07) is 5.79. The highest BCUT2D eigenvalue weighted by Gasteiger charge is 2.08. The van der Waals surface area contributed by atoms with E-state index < -0.39 is 5.97 Å². The maximum absolute atomic E-state index is 10.7. The molecule has 0 aliphatic rings. The van der Waals surface area contributed by atoms with E-state index in [4.69, 9.17) is 5.11 Å². The molecular weight excluding hydrogens is 216 g/mol. The van der Waals surface area contributed by atoms with Gasteiger partial charge in [0.2, 0.25) is 0 Å². The summed E-state index contributed by atoms with van der Waals surface area (Å²) in [6.45, 7) is 2.04. The number of thiophene rings is 2. The van der Waals surface area contributed by atoms with Crippen LogP contribution in [0, 0.1) is 6.92 Å². The molecule has 0 aromatic carbocycles. The van der Waals surface area contributed by atoms with E-state index in [1.807, 2.05) is 19.1 Å². The Morgan fingerprint density at radius 1 is 1.36 bits per heavy atom. The molecule has 0 bridgehead atoms. The summed E-state index contributed by atoms with van der Waals surface area (Å²) in [6.07, 6.45) is 0. The lowest BCUT2D eigenvalue weighted by Gasteiger charge is -1.87. The van der Waals surface area contributed by atoms with Crippen molar-refractivity contribution < 1.29 is 9.90 Å². The van der Waals surface area contributed by atoms with Gasteiger partial charge in [-0.15, -0.1) is 22.7 Å². The molecule has 72 valence electrons. The van der Waals surface area contributed by atoms with Gasteiger partial charge in [0.05, 0.1) is 5.56 Å². The number of aryl methyl sites for hydroxylation is 1. The maximum atomic E-state index is 10.7. The fourth-order valence-corrected chi connectivity index (χ4v) is 2.99. The first-order valence-corrected chi connectivity index (χ1v) is 5.75. The van der Waals surface area contributed by atoms with Gasteiger partial charge in [-0.1, -0.05) is 0 Å². The second kappa shape index (κ2) is 3.55. The minimum atomic E-state index is -0.860. The van der Waals surface area contributed by atoms with Crippen molar-refractivity contribution in [1.82, 2.24) is 0 Å².